The molecule has 0 radical (unpaired) electrons. The quantitative estimate of drug-likeness (QED) is 0.844. The second kappa shape index (κ2) is 8.04. The maximum Gasteiger partial charge on any atom is 0.242 e. The number of nitrogens with zero attached hydrogens (tertiary/aromatic N) is 5. The van der Waals surface area contributed by atoms with Gasteiger partial charge in [0.2, 0.25) is 11.9 Å². The minimum Gasteiger partial charge on any atom is -0.368 e. The van der Waals surface area contributed by atoms with Crippen LogP contribution in [0, 0.1) is 0 Å². The van der Waals surface area contributed by atoms with Gasteiger partial charge in [0.15, 0.2) is 0 Å². The first kappa shape index (κ1) is 19.7. The molecule has 1 fully saturated rings. The Kier molecular flexibility index (Phi) is 5.47. The molecule has 1 N–H and O–H groups in total. The first-order chi connectivity index (χ1) is 14.0. The number of piperidine rings is 1. The van der Waals surface area contributed by atoms with Crippen molar-refractivity contribution in [3.63, 3.8) is 0 Å². The van der Waals surface area contributed by atoms with Gasteiger partial charge < -0.3 is 15.0 Å². The van der Waals surface area contributed by atoms with E-state index in [0.717, 1.165) is 38.0 Å². The molecule has 2 aliphatic heterocycles. The highest BCUT2D eigenvalue weighted by molar-refractivity contribution is 5.93. The molecule has 4 rings (SSSR count). The summed E-state index contributed by atoms with van der Waals surface area (Å²) in [5.74, 6) is 1.25. The number of aromatic nitrogens is 3. The Labute approximate surface area is 171 Å². The molecule has 2 aromatic heterocycles. The van der Waals surface area contributed by atoms with Crippen molar-refractivity contribution in [1.29, 1.82) is 0 Å². The molecule has 2 aromatic rings. The number of hydrogen-bond acceptors (Lipinski definition) is 7. The van der Waals surface area contributed by atoms with Gasteiger partial charge in [0.1, 0.15) is 11.4 Å². The zero-order valence-electron chi connectivity index (χ0n) is 17.3. The largest absolute Gasteiger partial charge is 0.368 e. The lowest BCUT2D eigenvalue weighted by Crippen LogP contribution is -2.52. The predicted octanol–water partition coefficient (Wildman–Crippen LogP) is 1.83. The van der Waals surface area contributed by atoms with Crippen molar-refractivity contribution in [1.82, 2.24) is 19.9 Å². The van der Waals surface area contributed by atoms with Gasteiger partial charge in [-0.25, -0.2) is 15.0 Å². The van der Waals surface area contributed by atoms with Gasteiger partial charge in [-0.3, -0.25) is 9.69 Å². The lowest BCUT2D eigenvalue weighted by atomic mass is 9.83. The lowest BCUT2D eigenvalue weighted by Gasteiger charge is -2.45. The molecule has 2 aliphatic rings. The summed E-state index contributed by atoms with van der Waals surface area (Å²) >= 11 is 0. The van der Waals surface area contributed by atoms with Crippen LogP contribution in [0.4, 0.5) is 11.8 Å². The van der Waals surface area contributed by atoms with Crippen LogP contribution in [0.5, 0.6) is 0 Å². The van der Waals surface area contributed by atoms with Crippen LogP contribution in [-0.2, 0) is 21.6 Å². The molecule has 29 heavy (non-hydrogen) atoms. The average molecular weight is 396 g/mol. The Bertz CT molecular complexity index is 865. The molecular weight excluding hydrogens is 368 g/mol. The molecule has 0 aromatic carbocycles. The number of anilines is 2. The molecule has 154 valence electrons. The second-order valence-corrected chi connectivity index (χ2v) is 7.95. The molecule has 8 heteroatoms. The summed E-state index contributed by atoms with van der Waals surface area (Å²) in [6, 6.07) is 5.25. The fraction of sp³-hybridized carbons (Fsp3) is 0.524. The minimum atomic E-state index is -0.380. The Balaban J connectivity index is 1.46. The minimum absolute atomic E-state index is 0.0400. The summed E-state index contributed by atoms with van der Waals surface area (Å²) < 4.78 is 6.31. The number of pyridine rings is 1. The maximum absolute atomic E-state index is 12.6. The third kappa shape index (κ3) is 3.95. The molecule has 0 saturated carbocycles. The van der Waals surface area contributed by atoms with Crippen molar-refractivity contribution < 1.29 is 9.53 Å². The van der Waals surface area contributed by atoms with E-state index in [1.807, 2.05) is 44.2 Å². The Hall–Kier alpha value is -2.58. The van der Waals surface area contributed by atoms with Gasteiger partial charge in [-0.05, 0) is 43.9 Å². The average Bonchev–Trinajstić information content (AvgIpc) is 2.74. The predicted molar refractivity (Wildman–Crippen MR) is 111 cm³/mol. The van der Waals surface area contributed by atoms with Gasteiger partial charge in [0.25, 0.3) is 0 Å². The molecular formula is C21H28N6O2. The first-order valence-corrected chi connectivity index (χ1v) is 10.1. The molecule has 1 spiro atoms. The second-order valence-electron chi connectivity index (χ2n) is 7.95. The number of carbonyl (C=O) groups is 1. The van der Waals surface area contributed by atoms with Crippen molar-refractivity contribution in [2.24, 2.45) is 0 Å². The zero-order chi connectivity index (χ0) is 20.4. The summed E-state index contributed by atoms with van der Waals surface area (Å²) in [4.78, 5) is 30.2. The number of likely N-dealkylation sites (tertiary alicyclic amines) is 1. The van der Waals surface area contributed by atoms with E-state index in [1.54, 1.807) is 12.3 Å². The van der Waals surface area contributed by atoms with Crippen LogP contribution in [0.3, 0.4) is 0 Å². The van der Waals surface area contributed by atoms with Crippen LogP contribution in [0.1, 0.15) is 31.0 Å². The third-order valence-corrected chi connectivity index (χ3v) is 5.88. The fourth-order valence-electron chi connectivity index (χ4n) is 4.10. The van der Waals surface area contributed by atoms with Gasteiger partial charge >= 0.3 is 0 Å². The van der Waals surface area contributed by atoms with Crippen LogP contribution >= 0.6 is 0 Å². The summed E-state index contributed by atoms with van der Waals surface area (Å²) in [5.41, 5.74) is 1.82. The topological polar surface area (TPSA) is 83.5 Å². The fourth-order valence-corrected chi connectivity index (χ4v) is 4.10. The van der Waals surface area contributed by atoms with E-state index in [4.69, 9.17) is 9.72 Å². The zero-order valence-corrected chi connectivity index (χ0v) is 17.3. The van der Waals surface area contributed by atoms with E-state index in [0.29, 0.717) is 18.4 Å². The number of amides is 1. The van der Waals surface area contributed by atoms with Crippen molar-refractivity contribution in [3.8, 4) is 0 Å². The molecule has 0 bridgehead atoms. The lowest BCUT2D eigenvalue weighted by molar-refractivity contribution is -0.127. The van der Waals surface area contributed by atoms with E-state index >= 15 is 0 Å². The van der Waals surface area contributed by atoms with Crippen molar-refractivity contribution in [2.45, 2.75) is 37.8 Å². The number of ether oxygens (including phenoxy) is 1. The number of rotatable bonds is 4. The van der Waals surface area contributed by atoms with E-state index < -0.39 is 0 Å². The molecule has 1 saturated heterocycles. The SMILES string of the molecule is CC(C(=O)Nc1ccccn1)N1CCC2(CC1)OCCc1cnc(N(C)C)nc12. The number of carbonyl (C=O) groups excluding carboxylic acids is 1. The molecule has 1 atom stereocenters. The van der Waals surface area contributed by atoms with Crippen molar-refractivity contribution in [3.05, 3.63) is 41.9 Å². The molecule has 1 unspecified atom stereocenters. The Morgan fingerprint density at radius 1 is 1.28 bits per heavy atom. The van der Waals surface area contributed by atoms with E-state index in [9.17, 15) is 4.79 Å². The van der Waals surface area contributed by atoms with Crippen LogP contribution in [0.25, 0.3) is 0 Å². The molecule has 8 nitrogen and oxygen atoms in total. The number of nitrogens with one attached hydrogen (secondary N) is 1. The van der Waals surface area contributed by atoms with E-state index in [2.05, 4.69) is 20.2 Å². The first-order valence-electron chi connectivity index (χ1n) is 10.1. The Morgan fingerprint density at radius 3 is 2.76 bits per heavy atom. The Morgan fingerprint density at radius 2 is 2.07 bits per heavy atom. The van der Waals surface area contributed by atoms with Crippen molar-refractivity contribution >= 4 is 17.7 Å². The molecule has 4 heterocycles. The number of fused-ring (bicyclic) bond motifs is 2. The summed E-state index contributed by atoms with van der Waals surface area (Å²) in [6.07, 6.45) is 6.08. The van der Waals surface area contributed by atoms with Gasteiger partial charge in [-0.1, -0.05) is 6.07 Å². The van der Waals surface area contributed by atoms with Crippen molar-refractivity contribution in [2.75, 3.05) is 44.0 Å². The summed E-state index contributed by atoms with van der Waals surface area (Å²) in [5, 5.41) is 2.90. The summed E-state index contributed by atoms with van der Waals surface area (Å²) in [6.45, 7) is 4.18. The smallest absolute Gasteiger partial charge is 0.242 e. The third-order valence-electron chi connectivity index (χ3n) is 5.88. The van der Waals surface area contributed by atoms with Crippen LogP contribution in [0.15, 0.2) is 30.6 Å². The highest BCUT2D eigenvalue weighted by atomic mass is 16.5. The highest BCUT2D eigenvalue weighted by Gasteiger charge is 2.43. The maximum atomic E-state index is 12.6. The van der Waals surface area contributed by atoms with E-state index in [1.165, 1.54) is 5.56 Å². The van der Waals surface area contributed by atoms with Gasteiger partial charge in [0.05, 0.1) is 18.3 Å². The van der Waals surface area contributed by atoms with Gasteiger partial charge in [-0.2, -0.15) is 0 Å². The van der Waals surface area contributed by atoms with Crippen LogP contribution in [0.2, 0.25) is 0 Å². The van der Waals surface area contributed by atoms with Crippen LogP contribution in [-0.4, -0.2) is 65.6 Å². The monoisotopic (exact) mass is 396 g/mol. The summed E-state index contributed by atoms with van der Waals surface area (Å²) in [7, 11) is 3.89. The van der Waals surface area contributed by atoms with Gasteiger partial charge in [-0.15, -0.1) is 0 Å². The molecule has 0 aliphatic carbocycles. The van der Waals surface area contributed by atoms with E-state index in [-0.39, 0.29) is 17.6 Å². The molecule has 1 amide bonds. The number of hydrogen-bond donors (Lipinski definition) is 1. The van der Waals surface area contributed by atoms with Gasteiger partial charge in [0, 0.05) is 39.6 Å². The normalized spacial score (nSPS) is 19.4. The van der Waals surface area contributed by atoms with Crippen LogP contribution < -0.4 is 10.2 Å². The standard InChI is InChI=1S/C21H28N6O2/c1-15(19(28)24-17-6-4-5-10-22-17)27-11-8-21(9-12-27)18-16(7-13-29-21)14-23-20(25-18)26(2)3/h4-6,10,14-15H,7-9,11-13H2,1-3H3,(H,22,24,28). The highest BCUT2D eigenvalue weighted by Crippen LogP contribution is 2.41.